The molecule has 1 aliphatic rings. The molecule has 0 radical (unpaired) electrons. The van der Waals surface area contributed by atoms with Crippen LogP contribution in [-0.2, 0) is 14.8 Å². The van der Waals surface area contributed by atoms with Gasteiger partial charge < -0.3 is 4.90 Å². The zero-order chi connectivity index (χ0) is 19.3. The first-order chi connectivity index (χ1) is 13.0. The predicted molar refractivity (Wildman–Crippen MR) is 102 cm³/mol. The number of hydrogen-bond donors (Lipinski definition) is 2. The van der Waals surface area contributed by atoms with Gasteiger partial charge in [-0.2, -0.15) is 0 Å². The molecule has 2 aromatic rings. The van der Waals surface area contributed by atoms with Crippen molar-refractivity contribution >= 4 is 33.1 Å². The number of Topliss-reactive ketones (excluding diaryl/α,β-unsaturated/α-hetero) is 1. The summed E-state index contributed by atoms with van der Waals surface area (Å²) in [4.78, 5) is 28.8. The molecule has 0 bridgehead atoms. The normalized spacial score (nSPS) is 13.9. The van der Waals surface area contributed by atoms with Crippen molar-refractivity contribution in [1.29, 1.82) is 0 Å². The number of carbonyl (C=O) groups is 2. The van der Waals surface area contributed by atoms with Crippen LogP contribution in [0.4, 0.5) is 0 Å². The minimum absolute atomic E-state index is 0.0472. The number of nitrogens with one attached hydrogen (secondary N) is 2. The average molecular weight is 403 g/mol. The van der Waals surface area contributed by atoms with Gasteiger partial charge >= 0.3 is 0 Å². The van der Waals surface area contributed by atoms with Crippen LogP contribution in [0.1, 0.15) is 16.1 Å². The number of hydrogen-bond acceptors (Lipinski definition) is 6. The number of amides is 1. The van der Waals surface area contributed by atoms with Crippen LogP contribution >= 0.6 is 11.3 Å². The van der Waals surface area contributed by atoms with Gasteiger partial charge in [-0.15, -0.1) is 16.2 Å². The van der Waals surface area contributed by atoms with Crippen molar-refractivity contribution in [1.82, 2.24) is 15.2 Å². The molecular weight excluding hydrogens is 386 g/mol. The molecular formula is C18H17N3O4S2. The summed E-state index contributed by atoms with van der Waals surface area (Å²) >= 11 is 1.36. The second-order valence-corrected chi connectivity index (χ2v) is 8.32. The molecule has 0 saturated heterocycles. The van der Waals surface area contributed by atoms with Gasteiger partial charge in [0.2, 0.25) is 0 Å². The molecule has 7 nitrogen and oxygen atoms in total. The van der Waals surface area contributed by atoms with Crippen LogP contribution in [0.3, 0.4) is 0 Å². The van der Waals surface area contributed by atoms with E-state index in [-0.39, 0.29) is 17.2 Å². The fourth-order valence-electron chi connectivity index (χ4n) is 2.39. The molecule has 0 fully saturated rings. The van der Waals surface area contributed by atoms with Gasteiger partial charge in [0.25, 0.3) is 15.9 Å². The third kappa shape index (κ3) is 4.91. The summed E-state index contributed by atoms with van der Waals surface area (Å²) in [6, 6.07) is 11.3. The van der Waals surface area contributed by atoms with Crippen LogP contribution in [0.2, 0.25) is 0 Å². The Labute approximate surface area is 161 Å². The summed E-state index contributed by atoms with van der Waals surface area (Å²) in [6.45, 7) is 0.101. The zero-order valence-electron chi connectivity index (χ0n) is 14.2. The van der Waals surface area contributed by atoms with Gasteiger partial charge in [-0.3, -0.25) is 15.0 Å². The number of thiophene rings is 1. The molecule has 0 saturated carbocycles. The summed E-state index contributed by atoms with van der Waals surface area (Å²) in [5.41, 5.74) is 2.54. The topological polar surface area (TPSA) is 95.6 Å². The Hall–Kier alpha value is -2.75. The molecule has 2 heterocycles. The van der Waals surface area contributed by atoms with E-state index in [4.69, 9.17) is 0 Å². The first-order valence-electron chi connectivity index (χ1n) is 8.03. The van der Waals surface area contributed by atoms with Gasteiger partial charge in [0.15, 0.2) is 5.78 Å². The van der Waals surface area contributed by atoms with E-state index >= 15 is 0 Å². The SMILES string of the molecule is O=C(NNS(=O)(=O)c1ccccc1)C1=CN(CC(=O)c2cccs2)C=CC1. The standard InChI is InChI=1S/C18H17N3O4S2/c22-16(17-9-5-11-26-17)13-21-10-4-6-14(12-21)18(23)19-20-27(24,25)15-7-2-1-3-8-15/h1-5,7-12,20H,6,13H2,(H,19,23). The summed E-state index contributed by atoms with van der Waals surface area (Å²) in [7, 11) is -3.85. The molecule has 1 aromatic carbocycles. The summed E-state index contributed by atoms with van der Waals surface area (Å²) < 4.78 is 24.3. The van der Waals surface area contributed by atoms with Gasteiger partial charge in [0.1, 0.15) is 0 Å². The Kier molecular flexibility index (Phi) is 5.84. The molecule has 2 N–H and O–H groups in total. The Balaban J connectivity index is 1.61. The molecule has 0 aliphatic carbocycles. The maximum Gasteiger partial charge on any atom is 0.263 e. The second-order valence-electron chi connectivity index (χ2n) is 5.69. The van der Waals surface area contributed by atoms with E-state index in [2.05, 4.69) is 10.3 Å². The predicted octanol–water partition coefficient (Wildman–Crippen LogP) is 2.04. The van der Waals surface area contributed by atoms with Crippen LogP contribution in [0.25, 0.3) is 0 Å². The van der Waals surface area contributed by atoms with Crippen LogP contribution < -0.4 is 10.3 Å². The monoisotopic (exact) mass is 403 g/mol. The molecule has 27 heavy (non-hydrogen) atoms. The van der Waals surface area contributed by atoms with Crippen molar-refractivity contribution in [2.45, 2.75) is 11.3 Å². The highest BCUT2D eigenvalue weighted by atomic mass is 32.2. The lowest BCUT2D eigenvalue weighted by Crippen LogP contribution is -2.42. The van der Waals surface area contributed by atoms with Crippen molar-refractivity contribution in [2.24, 2.45) is 0 Å². The lowest BCUT2D eigenvalue weighted by molar-refractivity contribution is -0.118. The maximum atomic E-state index is 12.3. The number of nitrogens with zero attached hydrogens (tertiary/aromatic N) is 1. The lowest BCUT2D eigenvalue weighted by Gasteiger charge is -2.20. The quantitative estimate of drug-likeness (QED) is 0.545. The minimum atomic E-state index is -3.85. The van der Waals surface area contributed by atoms with Gasteiger partial charge in [-0.25, -0.2) is 8.42 Å². The van der Waals surface area contributed by atoms with Crippen LogP contribution in [-0.4, -0.2) is 31.6 Å². The molecule has 0 atom stereocenters. The highest BCUT2D eigenvalue weighted by molar-refractivity contribution is 7.89. The third-order valence-electron chi connectivity index (χ3n) is 3.72. The largest absolute Gasteiger partial charge is 0.346 e. The smallest absolute Gasteiger partial charge is 0.263 e. The average Bonchev–Trinajstić information content (AvgIpc) is 3.22. The number of allylic oxidation sites excluding steroid dienone is 1. The molecule has 140 valence electrons. The molecule has 3 rings (SSSR count). The third-order valence-corrected chi connectivity index (χ3v) is 5.90. The van der Waals surface area contributed by atoms with E-state index in [0.29, 0.717) is 16.9 Å². The van der Waals surface area contributed by atoms with Crippen LogP contribution in [0.15, 0.2) is 76.8 Å². The molecule has 0 spiro atoms. The van der Waals surface area contributed by atoms with Crippen molar-refractivity contribution in [3.63, 3.8) is 0 Å². The van der Waals surface area contributed by atoms with Crippen LogP contribution in [0.5, 0.6) is 0 Å². The van der Waals surface area contributed by atoms with Gasteiger partial charge in [-0.1, -0.05) is 30.3 Å². The van der Waals surface area contributed by atoms with Crippen molar-refractivity contribution in [3.8, 4) is 0 Å². The number of benzene rings is 1. The number of sulfonamides is 1. The van der Waals surface area contributed by atoms with E-state index in [1.807, 2.05) is 5.38 Å². The first-order valence-corrected chi connectivity index (χ1v) is 10.4. The molecule has 1 amide bonds. The molecule has 9 heteroatoms. The van der Waals surface area contributed by atoms with Gasteiger partial charge in [0.05, 0.1) is 16.3 Å². The summed E-state index contributed by atoms with van der Waals surface area (Å²) in [6.07, 6.45) is 5.33. The number of hydrazine groups is 1. The lowest BCUT2D eigenvalue weighted by atomic mass is 10.1. The Morgan fingerprint density at radius 2 is 1.89 bits per heavy atom. The molecule has 1 aromatic heterocycles. The van der Waals surface area contributed by atoms with Crippen molar-refractivity contribution in [3.05, 3.63) is 76.8 Å². The van der Waals surface area contributed by atoms with E-state index in [9.17, 15) is 18.0 Å². The Morgan fingerprint density at radius 1 is 1.11 bits per heavy atom. The number of ketones is 1. The van der Waals surface area contributed by atoms with E-state index in [0.717, 1.165) is 0 Å². The van der Waals surface area contributed by atoms with E-state index in [1.54, 1.807) is 47.5 Å². The van der Waals surface area contributed by atoms with E-state index in [1.165, 1.54) is 29.7 Å². The van der Waals surface area contributed by atoms with Crippen LogP contribution in [0, 0.1) is 0 Å². The molecule has 1 aliphatic heterocycles. The number of rotatable bonds is 7. The first kappa shape index (κ1) is 19.0. The van der Waals surface area contributed by atoms with Gasteiger partial charge in [0, 0.05) is 18.0 Å². The minimum Gasteiger partial charge on any atom is -0.346 e. The fraction of sp³-hybridized carbons (Fsp3) is 0.111. The molecule has 0 unspecified atom stereocenters. The zero-order valence-corrected chi connectivity index (χ0v) is 15.8. The second kappa shape index (κ2) is 8.30. The van der Waals surface area contributed by atoms with Crippen molar-refractivity contribution in [2.75, 3.05) is 6.54 Å². The highest BCUT2D eigenvalue weighted by Gasteiger charge is 2.19. The Morgan fingerprint density at radius 3 is 2.59 bits per heavy atom. The van der Waals surface area contributed by atoms with Gasteiger partial charge in [-0.05, 0) is 30.0 Å². The van der Waals surface area contributed by atoms with E-state index < -0.39 is 15.9 Å². The fourth-order valence-corrected chi connectivity index (χ4v) is 3.91. The number of carbonyl (C=O) groups excluding carboxylic acids is 2. The highest BCUT2D eigenvalue weighted by Crippen LogP contribution is 2.15. The van der Waals surface area contributed by atoms with Crippen molar-refractivity contribution < 1.29 is 18.0 Å². The Bertz CT molecular complexity index is 981. The summed E-state index contributed by atoms with van der Waals surface area (Å²) in [5, 5.41) is 1.83. The summed E-state index contributed by atoms with van der Waals surface area (Å²) in [5.74, 6) is -0.634. The maximum absolute atomic E-state index is 12.3.